The molecular weight excluding hydrogens is 270 g/mol. The average Bonchev–Trinajstić information content (AvgIpc) is 2.86. The highest BCUT2D eigenvalue weighted by atomic mass is 35.5. The number of benzene rings is 1. The Morgan fingerprint density at radius 1 is 1.22 bits per heavy atom. The first-order valence-corrected chi connectivity index (χ1v) is 7.14. The van der Waals surface area contributed by atoms with Crippen molar-refractivity contribution in [2.24, 2.45) is 0 Å². The zero-order valence-corrected chi connectivity index (χ0v) is 11.3. The summed E-state index contributed by atoms with van der Waals surface area (Å²) in [4.78, 5) is 4.45. The minimum absolute atomic E-state index is 0.470. The van der Waals surface area contributed by atoms with Gasteiger partial charge in [0, 0.05) is 11.8 Å². The largest absolute Gasteiger partial charge is 0.486 e. The van der Waals surface area contributed by atoms with Crippen LogP contribution in [0.5, 0.6) is 11.5 Å². The SMILES string of the molecule is ClCc1csc(Cc2ccc3c(c2)OCCO3)n1. The van der Waals surface area contributed by atoms with Crippen molar-refractivity contribution in [2.75, 3.05) is 13.2 Å². The summed E-state index contributed by atoms with van der Waals surface area (Å²) < 4.78 is 11.1. The van der Waals surface area contributed by atoms with Crippen LogP contribution in [0.25, 0.3) is 0 Å². The fourth-order valence-electron chi connectivity index (χ4n) is 1.86. The summed E-state index contributed by atoms with van der Waals surface area (Å²) in [5.41, 5.74) is 2.11. The van der Waals surface area contributed by atoms with Crippen molar-refractivity contribution in [2.45, 2.75) is 12.3 Å². The summed E-state index contributed by atoms with van der Waals surface area (Å²) in [5.74, 6) is 2.12. The molecule has 5 heteroatoms. The normalized spacial score (nSPS) is 13.6. The monoisotopic (exact) mass is 281 g/mol. The molecule has 0 bridgehead atoms. The van der Waals surface area contributed by atoms with Gasteiger partial charge >= 0.3 is 0 Å². The van der Waals surface area contributed by atoms with E-state index in [1.165, 1.54) is 5.56 Å². The van der Waals surface area contributed by atoms with Crippen molar-refractivity contribution in [1.82, 2.24) is 4.98 Å². The Bertz CT molecular complexity index is 556. The summed E-state index contributed by atoms with van der Waals surface area (Å²) in [5, 5.41) is 3.07. The Balaban J connectivity index is 1.80. The van der Waals surface area contributed by atoms with E-state index in [2.05, 4.69) is 11.1 Å². The summed E-state index contributed by atoms with van der Waals surface area (Å²) in [6, 6.07) is 6.03. The molecule has 1 aliphatic heterocycles. The zero-order valence-electron chi connectivity index (χ0n) is 9.69. The highest BCUT2D eigenvalue weighted by Gasteiger charge is 2.12. The summed E-state index contributed by atoms with van der Waals surface area (Å²) >= 11 is 7.38. The molecule has 0 aliphatic carbocycles. The van der Waals surface area contributed by atoms with Gasteiger partial charge in [0.25, 0.3) is 0 Å². The highest BCUT2D eigenvalue weighted by molar-refractivity contribution is 7.09. The van der Waals surface area contributed by atoms with Crippen LogP contribution in [0, 0.1) is 0 Å². The summed E-state index contributed by atoms with van der Waals surface area (Å²) in [6.45, 7) is 1.24. The van der Waals surface area contributed by atoms with Crippen LogP contribution in [0.4, 0.5) is 0 Å². The van der Waals surface area contributed by atoms with Gasteiger partial charge in [0.1, 0.15) is 13.2 Å². The van der Waals surface area contributed by atoms with E-state index in [-0.39, 0.29) is 0 Å². The standard InChI is InChI=1S/C13H12ClNO2S/c14-7-10-8-18-13(15-10)6-9-1-2-11-12(5-9)17-4-3-16-11/h1-2,5,8H,3-4,6-7H2. The van der Waals surface area contributed by atoms with Gasteiger partial charge in [-0.1, -0.05) is 6.07 Å². The number of hydrogen-bond donors (Lipinski definition) is 0. The van der Waals surface area contributed by atoms with E-state index in [0.29, 0.717) is 19.1 Å². The quantitative estimate of drug-likeness (QED) is 0.810. The number of rotatable bonds is 3. The number of alkyl halides is 1. The molecule has 0 N–H and O–H groups in total. The second-order valence-electron chi connectivity index (χ2n) is 4.02. The zero-order chi connectivity index (χ0) is 12.4. The second kappa shape index (κ2) is 5.16. The molecular formula is C13H12ClNO2S. The van der Waals surface area contributed by atoms with Gasteiger partial charge in [0.2, 0.25) is 0 Å². The molecule has 2 heterocycles. The van der Waals surface area contributed by atoms with Crippen molar-refractivity contribution >= 4 is 22.9 Å². The first-order valence-electron chi connectivity index (χ1n) is 5.73. The van der Waals surface area contributed by atoms with Crippen LogP contribution in [0.1, 0.15) is 16.3 Å². The molecule has 0 unspecified atom stereocenters. The van der Waals surface area contributed by atoms with Crippen LogP contribution in [0.15, 0.2) is 23.6 Å². The van der Waals surface area contributed by atoms with Gasteiger partial charge < -0.3 is 9.47 Å². The van der Waals surface area contributed by atoms with Crippen LogP contribution >= 0.6 is 22.9 Å². The Morgan fingerprint density at radius 2 is 2.06 bits per heavy atom. The molecule has 3 rings (SSSR count). The van der Waals surface area contributed by atoms with Gasteiger partial charge in [-0.3, -0.25) is 0 Å². The van der Waals surface area contributed by atoms with Crippen molar-refractivity contribution in [3.63, 3.8) is 0 Å². The van der Waals surface area contributed by atoms with Crippen LogP contribution in [-0.2, 0) is 12.3 Å². The lowest BCUT2D eigenvalue weighted by Crippen LogP contribution is -2.15. The molecule has 94 valence electrons. The molecule has 1 aromatic heterocycles. The molecule has 3 nitrogen and oxygen atoms in total. The van der Waals surface area contributed by atoms with Gasteiger partial charge in [-0.15, -0.1) is 22.9 Å². The second-order valence-corrected chi connectivity index (χ2v) is 5.23. The van der Waals surface area contributed by atoms with E-state index >= 15 is 0 Å². The van der Waals surface area contributed by atoms with Crippen LogP contribution in [0.3, 0.4) is 0 Å². The van der Waals surface area contributed by atoms with Gasteiger partial charge in [0.05, 0.1) is 16.6 Å². The maximum absolute atomic E-state index is 5.75. The Kier molecular flexibility index (Phi) is 3.39. The van der Waals surface area contributed by atoms with Crippen LogP contribution in [-0.4, -0.2) is 18.2 Å². The smallest absolute Gasteiger partial charge is 0.161 e. The molecule has 0 saturated carbocycles. The van der Waals surface area contributed by atoms with E-state index in [4.69, 9.17) is 21.1 Å². The lowest BCUT2D eigenvalue weighted by atomic mass is 10.1. The third-order valence-corrected chi connectivity index (χ3v) is 3.87. The number of hydrogen-bond acceptors (Lipinski definition) is 4. The first kappa shape index (κ1) is 11.8. The number of nitrogens with zero attached hydrogens (tertiary/aromatic N) is 1. The lowest BCUT2D eigenvalue weighted by Gasteiger charge is -2.18. The molecule has 2 aromatic rings. The fourth-order valence-corrected chi connectivity index (χ4v) is 2.92. The summed E-state index contributed by atoms with van der Waals surface area (Å²) in [6.07, 6.45) is 0.804. The summed E-state index contributed by atoms with van der Waals surface area (Å²) in [7, 11) is 0. The van der Waals surface area contributed by atoms with E-state index in [0.717, 1.165) is 28.6 Å². The van der Waals surface area contributed by atoms with Gasteiger partial charge in [-0.25, -0.2) is 4.98 Å². The third-order valence-electron chi connectivity index (χ3n) is 2.70. The lowest BCUT2D eigenvalue weighted by molar-refractivity contribution is 0.171. The fraction of sp³-hybridized carbons (Fsp3) is 0.308. The number of fused-ring (bicyclic) bond motifs is 1. The minimum Gasteiger partial charge on any atom is -0.486 e. The van der Waals surface area contributed by atoms with Gasteiger partial charge in [-0.05, 0) is 17.7 Å². The maximum atomic E-state index is 5.75. The van der Waals surface area contributed by atoms with E-state index < -0.39 is 0 Å². The molecule has 0 saturated heterocycles. The molecule has 0 amide bonds. The highest BCUT2D eigenvalue weighted by Crippen LogP contribution is 2.31. The van der Waals surface area contributed by atoms with Crippen LogP contribution < -0.4 is 9.47 Å². The van der Waals surface area contributed by atoms with Crippen molar-refractivity contribution in [3.05, 3.63) is 39.8 Å². The van der Waals surface area contributed by atoms with Crippen LogP contribution in [0.2, 0.25) is 0 Å². The minimum atomic E-state index is 0.470. The molecule has 18 heavy (non-hydrogen) atoms. The Labute approximate surface area is 114 Å². The molecule has 0 radical (unpaired) electrons. The van der Waals surface area contributed by atoms with Gasteiger partial charge in [0.15, 0.2) is 11.5 Å². The molecule has 1 aliphatic rings. The predicted molar refractivity (Wildman–Crippen MR) is 71.9 cm³/mol. The van der Waals surface area contributed by atoms with E-state index in [9.17, 15) is 0 Å². The first-order chi connectivity index (χ1) is 8.85. The molecule has 0 atom stereocenters. The number of aromatic nitrogens is 1. The van der Waals surface area contributed by atoms with Gasteiger partial charge in [-0.2, -0.15) is 0 Å². The molecule has 1 aromatic carbocycles. The topological polar surface area (TPSA) is 31.4 Å². The van der Waals surface area contributed by atoms with Crippen molar-refractivity contribution in [1.29, 1.82) is 0 Å². The maximum Gasteiger partial charge on any atom is 0.161 e. The Hall–Kier alpha value is -1.26. The average molecular weight is 282 g/mol. The number of thiazole rings is 1. The molecule has 0 fully saturated rings. The third kappa shape index (κ3) is 2.44. The number of halogens is 1. The molecule has 0 spiro atoms. The number of ether oxygens (including phenoxy) is 2. The van der Waals surface area contributed by atoms with Crippen molar-refractivity contribution in [3.8, 4) is 11.5 Å². The van der Waals surface area contributed by atoms with E-state index in [1.54, 1.807) is 11.3 Å². The predicted octanol–water partition coefficient (Wildman–Crippen LogP) is 3.24. The Morgan fingerprint density at radius 3 is 2.83 bits per heavy atom. The van der Waals surface area contributed by atoms with Crippen molar-refractivity contribution < 1.29 is 9.47 Å². The van der Waals surface area contributed by atoms with E-state index in [1.807, 2.05) is 17.5 Å².